The summed E-state index contributed by atoms with van der Waals surface area (Å²) < 4.78 is 10.4. The first-order chi connectivity index (χ1) is 19.6. The van der Waals surface area contributed by atoms with E-state index < -0.39 is 58.1 Å². The minimum absolute atomic E-state index is 0.0144. The summed E-state index contributed by atoms with van der Waals surface area (Å²) in [5.41, 5.74) is -1.46. The van der Waals surface area contributed by atoms with E-state index in [2.05, 4.69) is 10.1 Å². The van der Waals surface area contributed by atoms with E-state index in [1.165, 1.54) is 24.3 Å². The van der Waals surface area contributed by atoms with Crippen molar-refractivity contribution < 1.29 is 49.1 Å². The number of aromatic hydroxyl groups is 4. The number of amides is 1. The molecule has 212 valence electrons. The SMILES string of the molecule is COC(=O)c1cccc(O)c1C(=O)c1c(O)cc(C(=O)OC2C3CCC2C(NC(=O)c2ccccc2O)C3)cc1O. The topological polar surface area (TPSA) is 180 Å². The number of esters is 2. The van der Waals surface area contributed by atoms with Crippen molar-refractivity contribution in [2.75, 3.05) is 7.11 Å². The third kappa shape index (κ3) is 5.02. The quantitative estimate of drug-likeness (QED) is 0.212. The van der Waals surface area contributed by atoms with Gasteiger partial charge in [0, 0.05) is 12.0 Å². The van der Waals surface area contributed by atoms with Crippen LogP contribution < -0.4 is 5.32 Å². The van der Waals surface area contributed by atoms with Crippen LogP contribution in [0.15, 0.2) is 54.6 Å². The molecule has 0 radical (unpaired) electrons. The van der Waals surface area contributed by atoms with E-state index in [1.54, 1.807) is 12.1 Å². The predicted molar refractivity (Wildman–Crippen MR) is 142 cm³/mol. The Hall–Kier alpha value is -5.06. The average molecular weight is 562 g/mol. The van der Waals surface area contributed by atoms with Gasteiger partial charge in [0.15, 0.2) is 0 Å². The normalized spacial score (nSPS) is 20.8. The molecule has 11 heteroatoms. The molecule has 5 N–H and O–H groups in total. The molecule has 0 saturated heterocycles. The minimum Gasteiger partial charge on any atom is -0.507 e. The van der Waals surface area contributed by atoms with Crippen LogP contribution >= 0.6 is 0 Å². The molecular weight excluding hydrogens is 534 g/mol. The molecule has 4 atom stereocenters. The third-order valence-electron chi connectivity index (χ3n) is 7.77. The van der Waals surface area contributed by atoms with Crippen molar-refractivity contribution in [2.45, 2.75) is 31.4 Å². The zero-order valence-electron chi connectivity index (χ0n) is 21.9. The number of hydrogen-bond donors (Lipinski definition) is 5. The average Bonchev–Trinajstić information content (AvgIpc) is 3.47. The zero-order chi connectivity index (χ0) is 29.4. The summed E-state index contributed by atoms with van der Waals surface area (Å²) in [5, 5.41) is 44.4. The zero-order valence-corrected chi connectivity index (χ0v) is 21.9. The molecule has 0 spiro atoms. The minimum atomic E-state index is -1.06. The van der Waals surface area contributed by atoms with Crippen molar-refractivity contribution in [3.05, 3.63) is 82.4 Å². The molecule has 2 fully saturated rings. The van der Waals surface area contributed by atoms with Crippen LogP contribution in [-0.2, 0) is 9.47 Å². The highest BCUT2D eigenvalue weighted by atomic mass is 16.5. The number of nitrogens with one attached hydrogen (secondary N) is 1. The smallest absolute Gasteiger partial charge is 0.338 e. The van der Waals surface area contributed by atoms with E-state index in [4.69, 9.17) is 4.74 Å². The van der Waals surface area contributed by atoms with Crippen LogP contribution in [0.5, 0.6) is 23.0 Å². The lowest BCUT2D eigenvalue weighted by Crippen LogP contribution is -2.40. The largest absolute Gasteiger partial charge is 0.507 e. The molecule has 0 aliphatic heterocycles. The van der Waals surface area contributed by atoms with Crippen LogP contribution in [0.25, 0.3) is 0 Å². The van der Waals surface area contributed by atoms with E-state index in [-0.39, 0.29) is 40.3 Å². The number of methoxy groups -OCH3 is 1. The monoisotopic (exact) mass is 561 g/mol. The Kier molecular flexibility index (Phi) is 7.27. The van der Waals surface area contributed by atoms with Crippen LogP contribution in [0, 0.1) is 11.8 Å². The first kappa shape index (κ1) is 27.5. The molecule has 2 bridgehead atoms. The van der Waals surface area contributed by atoms with Crippen molar-refractivity contribution in [3.63, 3.8) is 0 Å². The number of benzene rings is 3. The number of hydrogen-bond acceptors (Lipinski definition) is 10. The van der Waals surface area contributed by atoms with Gasteiger partial charge >= 0.3 is 11.9 Å². The maximum absolute atomic E-state index is 13.2. The summed E-state index contributed by atoms with van der Waals surface area (Å²) in [4.78, 5) is 51.1. The highest BCUT2D eigenvalue weighted by Gasteiger charge is 2.51. The van der Waals surface area contributed by atoms with Gasteiger partial charge in [0.1, 0.15) is 34.7 Å². The number of carbonyl (C=O) groups excluding carboxylic acids is 4. The van der Waals surface area contributed by atoms with Crippen LogP contribution in [0.4, 0.5) is 0 Å². The first-order valence-electron chi connectivity index (χ1n) is 12.9. The summed E-state index contributed by atoms with van der Waals surface area (Å²) in [6.07, 6.45) is 1.56. The molecule has 3 aromatic carbocycles. The van der Waals surface area contributed by atoms with E-state index in [0.29, 0.717) is 12.8 Å². The number of para-hydroxylation sites is 1. The van der Waals surface area contributed by atoms with Crippen molar-refractivity contribution in [1.82, 2.24) is 5.32 Å². The Morgan fingerprint density at radius 3 is 2.12 bits per heavy atom. The van der Waals surface area contributed by atoms with Gasteiger partial charge in [0.25, 0.3) is 5.91 Å². The highest BCUT2D eigenvalue weighted by Crippen LogP contribution is 2.47. The maximum Gasteiger partial charge on any atom is 0.338 e. The van der Waals surface area contributed by atoms with Gasteiger partial charge in [-0.05, 0) is 61.6 Å². The van der Waals surface area contributed by atoms with Crippen LogP contribution in [0.3, 0.4) is 0 Å². The van der Waals surface area contributed by atoms with Gasteiger partial charge in [0.05, 0.1) is 29.4 Å². The molecule has 41 heavy (non-hydrogen) atoms. The van der Waals surface area contributed by atoms with Crippen LogP contribution in [-0.4, -0.2) is 63.3 Å². The van der Waals surface area contributed by atoms with Gasteiger partial charge in [-0.1, -0.05) is 18.2 Å². The van der Waals surface area contributed by atoms with Gasteiger partial charge in [0.2, 0.25) is 5.78 Å². The fraction of sp³-hybridized carbons (Fsp3) is 0.267. The summed E-state index contributed by atoms with van der Waals surface area (Å²) in [5.74, 6) is -5.66. The number of phenolic OH excluding ortho intramolecular Hbond substituents is 4. The number of ether oxygens (including phenoxy) is 2. The summed E-state index contributed by atoms with van der Waals surface area (Å²) in [6.45, 7) is 0. The number of fused-ring (bicyclic) bond motifs is 2. The second kappa shape index (κ2) is 10.8. The van der Waals surface area contributed by atoms with Crippen molar-refractivity contribution in [2.24, 2.45) is 11.8 Å². The van der Waals surface area contributed by atoms with E-state index >= 15 is 0 Å². The lowest BCUT2D eigenvalue weighted by molar-refractivity contribution is 0.0176. The standard InChI is InChI=1S/C30H27NO10/c1-40-30(39)18-6-4-8-21(33)24(18)26(36)25-22(34)12-15(13-23(25)35)29(38)41-27-14-9-10-16(27)19(11-14)31-28(37)17-5-2-3-7-20(17)32/h2-8,12-14,16,19,27,32-35H,9-11H2,1H3,(H,31,37). The first-order valence-corrected chi connectivity index (χ1v) is 12.9. The Bertz CT molecular complexity index is 1540. The fourth-order valence-electron chi connectivity index (χ4n) is 5.87. The van der Waals surface area contributed by atoms with Gasteiger partial charge in [-0.3, -0.25) is 9.59 Å². The Balaban J connectivity index is 1.33. The number of rotatable bonds is 7. The Morgan fingerprint density at radius 1 is 0.780 bits per heavy atom. The molecule has 4 unspecified atom stereocenters. The molecule has 0 aromatic heterocycles. The van der Waals surface area contributed by atoms with Gasteiger partial charge in [-0.2, -0.15) is 0 Å². The van der Waals surface area contributed by atoms with E-state index in [1.807, 2.05) is 0 Å². The highest BCUT2D eigenvalue weighted by molar-refractivity contribution is 6.18. The molecule has 1 amide bonds. The number of phenols is 4. The second-order valence-corrected chi connectivity index (χ2v) is 10.1. The van der Waals surface area contributed by atoms with Gasteiger partial charge in [-0.15, -0.1) is 0 Å². The molecule has 2 saturated carbocycles. The van der Waals surface area contributed by atoms with Crippen molar-refractivity contribution in [3.8, 4) is 23.0 Å². The van der Waals surface area contributed by atoms with E-state index in [0.717, 1.165) is 31.7 Å². The lowest BCUT2D eigenvalue weighted by atomic mass is 9.95. The molecule has 2 aliphatic carbocycles. The van der Waals surface area contributed by atoms with Crippen molar-refractivity contribution in [1.29, 1.82) is 0 Å². The molecule has 5 rings (SSSR count). The fourth-order valence-corrected chi connectivity index (χ4v) is 5.87. The van der Waals surface area contributed by atoms with Gasteiger partial charge in [-0.25, -0.2) is 9.59 Å². The van der Waals surface area contributed by atoms with Crippen molar-refractivity contribution >= 4 is 23.6 Å². The van der Waals surface area contributed by atoms with Crippen LogP contribution in [0.1, 0.15) is 66.3 Å². The maximum atomic E-state index is 13.2. The summed E-state index contributed by atoms with van der Waals surface area (Å²) in [7, 11) is 1.09. The molecular formula is C30H27NO10. The molecule has 11 nitrogen and oxygen atoms in total. The molecule has 3 aromatic rings. The summed E-state index contributed by atoms with van der Waals surface area (Å²) >= 11 is 0. The Morgan fingerprint density at radius 2 is 1.44 bits per heavy atom. The third-order valence-corrected chi connectivity index (χ3v) is 7.77. The molecule has 2 aliphatic rings. The predicted octanol–water partition coefficient (Wildman–Crippen LogP) is 3.28. The lowest BCUT2D eigenvalue weighted by Gasteiger charge is -2.23. The second-order valence-electron chi connectivity index (χ2n) is 10.1. The van der Waals surface area contributed by atoms with Crippen LogP contribution in [0.2, 0.25) is 0 Å². The molecule has 0 heterocycles. The van der Waals surface area contributed by atoms with E-state index in [9.17, 15) is 39.6 Å². The van der Waals surface area contributed by atoms with Gasteiger partial charge < -0.3 is 35.2 Å². The number of ketones is 1. The number of carbonyl (C=O) groups is 4. The summed E-state index contributed by atoms with van der Waals surface area (Å²) in [6, 6.07) is 11.6. The Labute approximate surface area is 234 Å².